The van der Waals surface area contributed by atoms with Gasteiger partial charge in [-0.3, -0.25) is 9.52 Å². The number of carbonyl (C=O) groups excluding carboxylic acids is 1. The second-order valence-electron chi connectivity index (χ2n) is 6.87. The lowest BCUT2D eigenvalue weighted by Gasteiger charge is -2.21. The Labute approximate surface area is 173 Å². The second kappa shape index (κ2) is 7.68. The zero-order valence-electron chi connectivity index (χ0n) is 16.0. The first kappa shape index (κ1) is 19.7. The molecule has 1 aromatic heterocycles. The van der Waals surface area contributed by atoms with Gasteiger partial charge in [0.2, 0.25) is 10.0 Å². The highest BCUT2D eigenvalue weighted by Crippen LogP contribution is 2.38. The van der Waals surface area contributed by atoms with E-state index in [1.165, 1.54) is 17.3 Å². The summed E-state index contributed by atoms with van der Waals surface area (Å²) in [5, 5.41) is 16.1. The van der Waals surface area contributed by atoms with Gasteiger partial charge in [0.05, 0.1) is 30.0 Å². The largest absolute Gasteiger partial charge is 0.508 e. The molecule has 0 aliphatic carbocycles. The molecular formula is C21H19N3O5S. The van der Waals surface area contributed by atoms with Crippen molar-refractivity contribution in [2.75, 3.05) is 11.0 Å². The Balaban J connectivity index is 1.78. The van der Waals surface area contributed by atoms with Crippen LogP contribution in [0.3, 0.4) is 0 Å². The summed E-state index contributed by atoms with van der Waals surface area (Å²) in [4.78, 5) is 13.0. The first-order valence-corrected chi connectivity index (χ1v) is 11.0. The maximum Gasteiger partial charge on any atom is 0.310 e. The van der Waals surface area contributed by atoms with Gasteiger partial charge < -0.3 is 9.52 Å². The number of rotatable bonds is 5. The van der Waals surface area contributed by atoms with Crippen LogP contribution in [-0.2, 0) is 10.0 Å². The van der Waals surface area contributed by atoms with Gasteiger partial charge in [-0.1, -0.05) is 36.4 Å². The molecule has 0 bridgehead atoms. The number of hydrogen-bond donors (Lipinski definition) is 2. The van der Waals surface area contributed by atoms with E-state index < -0.39 is 22.0 Å². The van der Waals surface area contributed by atoms with Crippen LogP contribution in [0.2, 0.25) is 0 Å². The molecule has 1 aliphatic rings. The first-order chi connectivity index (χ1) is 14.3. The van der Waals surface area contributed by atoms with E-state index >= 15 is 0 Å². The third-order valence-electron chi connectivity index (χ3n) is 4.68. The number of para-hydroxylation sites is 2. The van der Waals surface area contributed by atoms with E-state index in [2.05, 4.69) is 9.82 Å². The van der Waals surface area contributed by atoms with Crippen molar-refractivity contribution < 1.29 is 22.7 Å². The van der Waals surface area contributed by atoms with Crippen molar-refractivity contribution in [1.82, 2.24) is 5.01 Å². The highest BCUT2D eigenvalue weighted by Gasteiger charge is 2.36. The van der Waals surface area contributed by atoms with E-state index in [4.69, 9.17) is 4.42 Å². The molecule has 1 aliphatic heterocycles. The third-order valence-corrected chi connectivity index (χ3v) is 5.27. The van der Waals surface area contributed by atoms with Crippen molar-refractivity contribution in [3.8, 4) is 5.75 Å². The maximum absolute atomic E-state index is 13.0. The summed E-state index contributed by atoms with van der Waals surface area (Å²) in [5.74, 6) is -0.307. The van der Waals surface area contributed by atoms with E-state index in [1.807, 2.05) is 0 Å². The van der Waals surface area contributed by atoms with Crippen molar-refractivity contribution in [1.29, 1.82) is 0 Å². The number of hydrazone groups is 1. The SMILES string of the molecule is CS(=O)(=O)Nc1ccccc1C1=NN(C(=O)c2ccco2)[C@H](c2ccccc2O)C1. The lowest BCUT2D eigenvalue weighted by Crippen LogP contribution is -2.26. The van der Waals surface area contributed by atoms with Gasteiger partial charge in [0.25, 0.3) is 0 Å². The molecule has 4 rings (SSSR count). The van der Waals surface area contributed by atoms with E-state index in [9.17, 15) is 18.3 Å². The van der Waals surface area contributed by atoms with Gasteiger partial charge in [-0.05, 0) is 24.3 Å². The number of hydrogen-bond acceptors (Lipinski definition) is 6. The summed E-state index contributed by atoms with van der Waals surface area (Å²) in [6.07, 6.45) is 2.75. The number of phenolic OH excluding ortho intramolecular Hbond substituents is 1. The molecule has 9 heteroatoms. The smallest absolute Gasteiger partial charge is 0.310 e. The van der Waals surface area contributed by atoms with Crippen molar-refractivity contribution in [3.63, 3.8) is 0 Å². The minimum Gasteiger partial charge on any atom is -0.508 e. The Bertz CT molecular complexity index is 1220. The van der Waals surface area contributed by atoms with Crippen LogP contribution in [0.5, 0.6) is 5.75 Å². The lowest BCUT2D eigenvalue weighted by molar-refractivity contribution is 0.0677. The number of nitrogens with one attached hydrogen (secondary N) is 1. The van der Waals surface area contributed by atoms with Gasteiger partial charge in [0.15, 0.2) is 5.76 Å². The van der Waals surface area contributed by atoms with Gasteiger partial charge in [-0.15, -0.1) is 0 Å². The van der Waals surface area contributed by atoms with Crippen LogP contribution in [0.1, 0.15) is 34.1 Å². The zero-order chi connectivity index (χ0) is 21.3. The number of aromatic hydroxyl groups is 1. The number of sulfonamides is 1. The Hall–Kier alpha value is -3.59. The molecule has 1 atom stereocenters. The van der Waals surface area contributed by atoms with Crippen molar-refractivity contribution in [3.05, 3.63) is 83.8 Å². The van der Waals surface area contributed by atoms with Crippen molar-refractivity contribution >= 4 is 27.3 Å². The Morgan fingerprint density at radius 3 is 2.57 bits per heavy atom. The minimum atomic E-state index is -3.51. The predicted octanol–water partition coefficient (Wildman–Crippen LogP) is 3.35. The second-order valence-corrected chi connectivity index (χ2v) is 8.62. The normalized spacial score (nSPS) is 16.4. The fraction of sp³-hybridized carbons (Fsp3) is 0.143. The highest BCUT2D eigenvalue weighted by molar-refractivity contribution is 7.92. The van der Waals surface area contributed by atoms with Crippen LogP contribution in [0, 0.1) is 0 Å². The van der Waals surface area contributed by atoms with E-state index in [1.54, 1.807) is 54.6 Å². The molecule has 30 heavy (non-hydrogen) atoms. The molecule has 0 saturated carbocycles. The number of furan rings is 1. The average molecular weight is 425 g/mol. The molecule has 0 saturated heterocycles. The standard InChI is InChI=1S/C21H19N3O5S/c1-30(27,28)23-16-9-4-2-7-14(16)17-13-18(15-8-3-5-10-19(15)25)24(22-17)21(26)20-11-6-12-29-20/h2-12,18,23,25H,13H2,1H3/t18-/m0/s1. The minimum absolute atomic E-state index is 0.0405. The molecular weight excluding hydrogens is 406 g/mol. The third kappa shape index (κ3) is 3.92. The molecule has 2 aromatic carbocycles. The number of benzene rings is 2. The molecule has 0 unspecified atom stereocenters. The number of anilines is 1. The number of carbonyl (C=O) groups is 1. The molecule has 2 N–H and O–H groups in total. The van der Waals surface area contributed by atoms with Gasteiger partial charge in [-0.25, -0.2) is 13.4 Å². The monoisotopic (exact) mass is 425 g/mol. The molecule has 0 radical (unpaired) electrons. The molecule has 0 spiro atoms. The molecule has 1 amide bonds. The van der Waals surface area contributed by atoms with Crippen molar-refractivity contribution in [2.45, 2.75) is 12.5 Å². The predicted molar refractivity (Wildman–Crippen MR) is 112 cm³/mol. The molecule has 154 valence electrons. The first-order valence-electron chi connectivity index (χ1n) is 9.13. The van der Waals surface area contributed by atoms with Crippen LogP contribution in [0.15, 0.2) is 76.4 Å². The molecule has 2 heterocycles. The number of phenols is 1. The van der Waals surface area contributed by atoms with Gasteiger partial charge >= 0.3 is 5.91 Å². The topological polar surface area (TPSA) is 112 Å². The van der Waals surface area contributed by atoms with Crippen molar-refractivity contribution in [2.24, 2.45) is 5.10 Å². The van der Waals surface area contributed by atoms with Crippen LogP contribution in [0.4, 0.5) is 5.69 Å². The zero-order valence-corrected chi connectivity index (χ0v) is 16.8. The molecule has 8 nitrogen and oxygen atoms in total. The maximum atomic E-state index is 13.0. The fourth-order valence-electron chi connectivity index (χ4n) is 3.41. The van der Waals surface area contributed by atoms with Gasteiger partial charge in [-0.2, -0.15) is 5.10 Å². The summed E-state index contributed by atoms with van der Waals surface area (Å²) in [5.41, 5.74) is 1.96. The van der Waals surface area contributed by atoms with Crippen LogP contribution in [0.25, 0.3) is 0 Å². The van der Waals surface area contributed by atoms with E-state index in [0.29, 0.717) is 22.5 Å². The Morgan fingerprint density at radius 2 is 1.87 bits per heavy atom. The van der Waals surface area contributed by atoms with Crippen LogP contribution in [-0.4, -0.2) is 36.4 Å². The summed E-state index contributed by atoms with van der Waals surface area (Å²) in [6, 6.07) is 16.1. The number of amides is 1. The molecule has 0 fully saturated rings. The quantitative estimate of drug-likeness (QED) is 0.651. The van der Waals surface area contributed by atoms with Crippen LogP contribution >= 0.6 is 0 Å². The Morgan fingerprint density at radius 1 is 1.13 bits per heavy atom. The van der Waals surface area contributed by atoms with Gasteiger partial charge in [0.1, 0.15) is 5.75 Å². The summed E-state index contributed by atoms with van der Waals surface area (Å²) < 4.78 is 31.3. The number of nitrogens with zero attached hydrogens (tertiary/aromatic N) is 2. The Kier molecular flexibility index (Phi) is 5.04. The summed E-state index contributed by atoms with van der Waals surface area (Å²) in [6.45, 7) is 0. The summed E-state index contributed by atoms with van der Waals surface area (Å²) in [7, 11) is -3.51. The van der Waals surface area contributed by atoms with Gasteiger partial charge in [0, 0.05) is 17.5 Å². The average Bonchev–Trinajstić information content (AvgIpc) is 3.37. The lowest BCUT2D eigenvalue weighted by atomic mass is 9.97. The van der Waals surface area contributed by atoms with E-state index in [-0.39, 0.29) is 17.9 Å². The molecule has 3 aromatic rings. The van der Waals surface area contributed by atoms with E-state index in [0.717, 1.165) is 6.26 Å². The summed E-state index contributed by atoms with van der Waals surface area (Å²) >= 11 is 0. The van der Waals surface area contributed by atoms with Crippen LogP contribution < -0.4 is 4.72 Å². The highest BCUT2D eigenvalue weighted by atomic mass is 32.2. The fourth-order valence-corrected chi connectivity index (χ4v) is 3.99.